The van der Waals surface area contributed by atoms with Crippen LogP contribution < -0.4 is 5.32 Å². The normalized spacial score (nSPS) is 12.6. The van der Waals surface area contributed by atoms with Crippen LogP contribution in [0.3, 0.4) is 0 Å². The first-order valence-corrected chi connectivity index (χ1v) is 7.19. The quantitative estimate of drug-likeness (QED) is 0.824. The molecule has 0 aliphatic rings. The standard InChI is InChI=1S/C14H18FN3S/c1-16-13(6-11-8-17-18(2)9-11)10-19-14-5-3-4-12(15)7-14/h3-5,7-9,13,16H,6,10H2,1-2H3. The van der Waals surface area contributed by atoms with Gasteiger partial charge in [0.05, 0.1) is 6.20 Å². The lowest BCUT2D eigenvalue weighted by Crippen LogP contribution is -2.29. The van der Waals surface area contributed by atoms with Crippen molar-refractivity contribution in [3.8, 4) is 0 Å². The zero-order chi connectivity index (χ0) is 13.7. The summed E-state index contributed by atoms with van der Waals surface area (Å²) in [4.78, 5) is 0.964. The minimum absolute atomic E-state index is 0.182. The number of nitrogens with one attached hydrogen (secondary N) is 1. The second-order valence-corrected chi connectivity index (χ2v) is 5.57. The van der Waals surface area contributed by atoms with Gasteiger partial charge < -0.3 is 5.32 Å². The number of nitrogens with zero attached hydrogens (tertiary/aromatic N) is 2. The summed E-state index contributed by atoms with van der Waals surface area (Å²) in [7, 11) is 3.87. The van der Waals surface area contributed by atoms with Crippen molar-refractivity contribution in [1.29, 1.82) is 0 Å². The molecule has 3 nitrogen and oxygen atoms in total. The molecule has 102 valence electrons. The Morgan fingerprint density at radius 1 is 1.47 bits per heavy atom. The topological polar surface area (TPSA) is 29.9 Å². The third-order valence-electron chi connectivity index (χ3n) is 2.90. The van der Waals surface area contributed by atoms with Gasteiger partial charge in [0.15, 0.2) is 0 Å². The molecule has 0 spiro atoms. The first-order valence-electron chi connectivity index (χ1n) is 6.20. The van der Waals surface area contributed by atoms with Gasteiger partial charge in [0.25, 0.3) is 0 Å². The first-order chi connectivity index (χ1) is 9.17. The van der Waals surface area contributed by atoms with Crippen LogP contribution >= 0.6 is 11.8 Å². The van der Waals surface area contributed by atoms with Gasteiger partial charge in [0.2, 0.25) is 0 Å². The SMILES string of the molecule is CNC(CSc1cccc(F)c1)Cc1cnn(C)c1. The second-order valence-electron chi connectivity index (χ2n) is 4.48. The van der Waals surface area contributed by atoms with Crippen LogP contribution in [0.5, 0.6) is 0 Å². The summed E-state index contributed by atoms with van der Waals surface area (Å²) in [5.41, 5.74) is 1.21. The Bertz CT molecular complexity index is 527. The Balaban J connectivity index is 1.89. The minimum Gasteiger partial charge on any atom is -0.316 e. The van der Waals surface area contributed by atoms with Crippen LogP contribution in [-0.2, 0) is 13.5 Å². The van der Waals surface area contributed by atoms with E-state index < -0.39 is 0 Å². The van der Waals surface area contributed by atoms with Crippen molar-refractivity contribution in [2.45, 2.75) is 17.4 Å². The number of aromatic nitrogens is 2. The summed E-state index contributed by atoms with van der Waals surface area (Å²) in [6, 6.07) is 7.06. The van der Waals surface area contributed by atoms with E-state index in [0.29, 0.717) is 6.04 Å². The van der Waals surface area contributed by atoms with Crippen LogP contribution in [0.15, 0.2) is 41.6 Å². The Morgan fingerprint density at radius 3 is 2.95 bits per heavy atom. The van der Waals surface area contributed by atoms with Gasteiger partial charge in [-0.05, 0) is 37.2 Å². The molecule has 1 N–H and O–H groups in total. The van der Waals surface area contributed by atoms with Crippen molar-refractivity contribution in [3.63, 3.8) is 0 Å². The van der Waals surface area contributed by atoms with Crippen molar-refractivity contribution >= 4 is 11.8 Å². The van der Waals surface area contributed by atoms with E-state index in [9.17, 15) is 4.39 Å². The molecule has 0 aliphatic heterocycles. The van der Waals surface area contributed by atoms with E-state index >= 15 is 0 Å². The number of rotatable bonds is 6. The zero-order valence-electron chi connectivity index (χ0n) is 11.1. The molecule has 0 amide bonds. The molecule has 5 heteroatoms. The van der Waals surface area contributed by atoms with Crippen molar-refractivity contribution in [2.75, 3.05) is 12.8 Å². The van der Waals surface area contributed by atoms with Gasteiger partial charge in [-0.2, -0.15) is 5.10 Å². The van der Waals surface area contributed by atoms with E-state index in [1.165, 1.54) is 11.6 Å². The van der Waals surface area contributed by atoms with E-state index in [1.54, 1.807) is 23.9 Å². The van der Waals surface area contributed by atoms with E-state index in [2.05, 4.69) is 10.4 Å². The molecule has 2 aromatic rings. The third kappa shape index (κ3) is 4.36. The van der Waals surface area contributed by atoms with Gasteiger partial charge >= 0.3 is 0 Å². The molecule has 0 bridgehead atoms. The fraction of sp³-hybridized carbons (Fsp3) is 0.357. The molecule has 1 atom stereocenters. The maximum atomic E-state index is 13.1. The summed E-state index contributed by atoms with van der Waals surface area (Å²) in [5, 5.41) is 7.46. The van der Waals surface area contributed by atoms with Gasteiger partial charge in [-0.3, -0.25) is 4.68 Å². The van der Waals surface area contributed by atoms with Crippen LogP contribution in [0.25, 0.3) is 0 Å². The number of hydrogen-bond acceptors (Lipinski definition) is 3. The lowest BCUT2D eigenvalue weighted by atomic mass is 10.1. The highest BCUT2D eigenvalue weighted by atomic mass is 32.2. The Hall–Kier alpha value is -1.33. The van der Waals surface area contributed by atoms with Crippen molar-refractivity contribution in [2.24, 2.45) is 7.05 Å². The van der Waals surface area contributed by atoms with Gasteiger partial charge in [0, 0.05) is 29.9 Å². The smallest absolute Gasteiger partial charge is 0.124 e. The van der Waals surface area contributed by atoms with E-state index in [0.717, 1.165) is 17.1 Å². The third-order valence-corrected chi connectivity index (χ3v) is 4.05. The highest BCUT2D eigenvalue weighted by Crippen LogP contribution is 2.20. The fourth-order valence-electron chi connectivity index (χ4n) is 1.86. The monoisotopic (exact) mass is 279 g/mol. The molecule has 0 fully saturated rings. The molecule has 2 rings (SSSR count). The fourth-order valence-corrected chi connectivity index (χ4v) is 2.91. The Kier molecular flexibility index (Phi) is 4.99. The number of aryl methyl sites for hydroxylation is 1. The predicted molar refractivity (Wildman–Crippen MR) is 76.9 cm³/mol. The average Bonchev–Trinajstić information content (AvgIpc) is 2.80. The summed E-state index contributed by atoms with van der Waals surface area (Å²) in [5.74, 6) is 0.716. The molecular weight excluding hydrogens is 261 g/mol. The van der Waals surface area contributed by atoms with Crippen LogP contribution in [0.4, 0.5) is 4.39 Å². The van der Waals surface area contributed by atoms with Crippen molar-refractivity contribution in [3.05, 3.63) is 48.0 Å². The number of halogens is 1. The molecular formula is C14H18FN3S. The van der Waals surface area contributed by atoms with Crippen LogP contribution in [-0.4, -0.2) is 28.6 Å². The van der Waals surface area contributed by atoms with Gasteiger partial charge in [-0.1, -0.05) is 6.07 Å². The zero-order valence-corrected chi connectivity index (χ0v) is 12.0. The second kappa shape index (κ2) is 6.73. The Morgan fingerprint density at radius 2 is 2.32 bits per heavy atom. The lowest BCUT2D eigenvalue weighted by molar-refractivity contribution is 0.615. The molecule has 19 heavy (non-hydrogen) atoms. The minimum atomic E-state index is -0.182. The van der Waals surface area contributed by atoms with Crippen LogP contribution in [0.2, 0.25) is 0 Å². The van der Waals surface area contributed by atoms with Gasteiger partial charge in [-0.15, -0.1) is 11.8 Å². The van der Waals surface area contributed by atoms with Crippen molar-refractivity contribution in [1.82, 2.24) is 15.1 Å². The maximum Gasteiger partial charge on any atom is 0.124 e. The molecule has 1 unspecified atom stereocenters. The summed E-state index contributed by atoms with van der Waals surface area (Å²) in [6.07, 6.45) is 4.83. The predicted octanol–water partition coefficient (Wildman–Crippen LogP) is 2.48. The van der Waals surface area contributed by atoms with E-state index in [1.807, 2.05) is 37.2 Å². The summed E-state index contributed by atoms with van der Waals surface area (Å²) in [6.45, 7) is 0. The largest absolute Gasteiger partial charge is 0.316 e. The van der Waals surface area contributed by atoms with Gasteiger partial charge in [0.1, 0.15) is 5.82 Å². The molecule has 0 saturated carbocycles. The molecule has 1 aromatic heterocycles. The molecule has 0 radical (unpaired) electrons. The van der Waals surface area contributed by atoms with E-state index in [4.69, 9.17) is 0 Å². The molecule has 0 saturated heterocycles. The maximum absolute atomic E-state index is 13.1. The number of benzene rings is 1. The number of thioether (sulfide) groups is 1. The van der Waals surface area contributed by atoms with Crippen LogP contribution in [0.1, 0.15) is 5.56 Å². The van der Waals surface area contributed by atoms with Crippen LogP contribution in [0, 0.1) is 5.82 Å². The molecule has 1 heterocycles. The average molecular weight is 279 g/mol. The molecule has 0 aliphatic carbocycles. The summed E-state index contributed by atoms with van der Waals surface area (Å²) >= 11 is 1.66. The summed E-state index contributed by atoms with van der Waals surface area (Å²) < 4.78 is 14.9. The van der Waals surface area contributed by atoms with Crippen molar-refractivity contribution < 1.29 is 4.39 Å². The van der Waals surface area contributed by atoms with Gasteiger partial charge in [-0.25, -0.2) is 4.39 Å². The highest BCUT2D eigenvalue weighted by Gasteiger charge is 2.09. The molecule has 1 aromatic carbocycles. The highest BCUT2D eigenvalue weighted by molar-refractivity contribution is 7.99. The number of likely N-dealkylation sites (N-methyl/N-ethyl adjacent to an activating group) is 1. The first kappa shape index (κ1) is 14.1. The van der Waals surface area contributed by atoms with E-state index in [-0.39, 0.29) is 5.82 Å². The number of hydrogen-bond donors (Lipinski definition) is 1. The lowest BCUT2D eigenvalue weighted by Gasteiger charge is -2.14. The Labute approximate surface area is 117 Å².